The van der Waals surface area contributed by atoms with Crippen LogP contribution in [0.15, 0.2) is 35.7 Å². The Bertz CT molecular complexity index is 852. The summed E-state index contributed by atoms with van der Waals surface area (Å²) in [6.07, 6.45) is -3.63. The van der Waals surface area contributed by atoms with Crippen molar-refractivity contribution in [3.8, 4) is 0 Å². The van der Waals surface area contributed by atoms with Crippen molar-refractivity contribution < 1.29 is 22.9 Å². The predicted molar refractivity (Wildman–Crippen MR) is 98.2 cm³/mol. The van der Waals surface area contributed by atoms with Gasteiger partial charge in [0.15, 0.2) is 0 Å². The fraction of sp³-hybridized carbons (Fsp3) is 0.389. The van der Waals surface area contributed by atoms with Gasteiger partial charge in [0.2, 0.25) is 0 Å². The van der Waals surface area contributed by atoms with Gasteiger partial charge in [-0.1, -0.05) is 23.5 Å². The third-order valence-corrected chi connectivity index (χ3v) is 5.46. The normalized spacial score (nSPS) is 16.0. The Morgan fingerprint density at radius 3 is 2.46 bits per heavy atom. The van der Waals surface area contributed by atoms with E-state index in [0.29, 0.717) is 38.3 Å². The van der Waals surface area contributed by atoms with E-state index in [2.05, 4.69) is 4.90 Å². The highest BCUT2D eigenvalue weighted by molar-refractivity contribution is 7.13. The van der Waals surface area contributed by atoms with E-state index in [-0.39, 0.29) is 10.9 Å². The maximum absolute atomic E-state index is 12.7. The van der Waals surface area contributed by atoms with E-state index in [9.17, 15) is 28.1 Å². The van der Waals surface area contributed by atoms with Crippen LogP contribution in [0, 0.1) is 10.1 Å². The maximum Gasteiger partial charge on any atom is 0.416 e. The number of thiophene rings is 1. The van der Waals surface area contributed by atoms with Crippen LogP contribution in [-0.2, 0) is 12.7 Å². The molecular formula is C18H18F3N3O3S. The first-order valence-corrected chi connectivity index (χ1v) is 9.52. The molecule has 1 amide bonds. The molecule has 1 fully saturated rings. The SMILES string of the molecule is O=C(c1csc([N+](=O)[O-])c1)N1CCCN(Cc2ccc(C(F)(F)F)cc2)CC1. The zero-order valence-corrected chi connectivity index (χ0v) is 15.6. The highest BCUT2D eigenvalue weighted by atomic mass is 32.1. The topological polar surface area (TPSA) is 66.7 Å². The summed E-state index contributed by atoms with van der Waals surface area (Å²) in [5.41, 5.74) is 0.419. The number of alkyl halides is 3. The number of benzene rings is 1. The van der Waals surface area contributed by atoms with E-state index >= 15 is 0 Å². The van der Waals surface area contributed by atoms with Gasteiger partial charge in [0.25, 0.3) is 5.91 Å². The number of nitro groups is 1. The molecule has 6 nitrogen and oxygen atoms in total. The Morgan fingerprint density at radius 1 is 1.14 bits per heavy atom. The van der Waals surface area contributed by atoms with Crippen LogP contribution in [0.1, 0.15) is 27.9 Å². The van der Waals surface area contributed by atoms with E-state index in [0.717, 1.165) is 35.5 Å². The van der Waals surface area contributed by atoms with Gasteiger partial charge in [-0.2, -0.15) is 13.2 Å². The van der Waals surface area contributed by atoms with Crippen molar-refractivity contribution in [2.45, 2.75) is 19.1 Å². The largest absolute Gasteiger partial charge is 0.416 e. The lowest BCUT2D eigenvalue weighted by Gasteiger charge is -2.22. The fourth-order valence-corrected chi connectivity index (χ4v) is 3.80. The summed E-state index contributed by atoms with van der Waals surface area (Å²) in [5.74, 6) is -0.235. The van der Waals surface area contributed by atoms with Crippen molar-refractivity contribution in [1.82, 2.24) is 9.80 Å². The van der Waals surface area contributed by atoms with Gasteiger partial charge in [-0.25, -0.2) is 0 Å². The van der Waals surface area contributed by atoms with E-state index in [1.165, 1.54) is 23.6 Å². The van der Waals surface area contributed by atoms with Crippen molar-refractivity contribution in [2.24, 2.45) is 0 Å². The van der Waals surface area contributed by atoms with Gasteiger partial charge in [0.1, 0.15) is 0 Å². The number of hydrogen-bond donors (Lipinski definition) is 0. The third-order valence-electron chi connectivity index (χ3n) is 4.58. The molecule has 0 saturated carbocycles. The highest BCUT2D eigenvalue weighted by Crippen LogP contribution is 2.29. The van der Waals surface area contributed by atoms with Crippen molar-refractivity contribution in [3.63, 3.8) is 0 Å². The van der Waals surface area contributed by atoms with Gasteiger partial charge in [0, 0.05) is 44.2 Å². The second-order valence-corrected chi connectivity index (χ2v) is 7.44. The number of hydrogen-bond acceptors (Lipinski definition) is 5. The summed E-state index contributed by atoms with van der Waals surface area (Å²) in [7, 11) is 0. The van der Waals surface area contributed by atoms with Crippen LogP contribution in [0.4, 0.5) is 18.2 Å². The molecule has 28 heavy (non-hydrogen) atoms. The zero-order valence-electron chi connectivity index (χ0n) is 14.8. The molecule has 1 aliphatic rings. The molecule has 1 aromatic carbocycles. The first kappa shape index (κ1) is 20.3. The minimum Gasteiger partial charge on any atom is -0.337 e. The molecule has 0 bridgehead atoms. The molecule has 1 saturated heterocycles. The van der Waals surface area contributed by atoms with Crippen molar-refractivity contribution >= 4 is 22.2 Å². The smallest absolute Gasteiger partial charge is 0.337 e. The number of carbonyl (C=O) groups is 1. The van der Waals surface area contributed by atoms with Crippen LogP contribution < -0.4 is 0 Å². The van der Waals surface area contributed by atoms with E-state index in [4.69, 9.17) is 0 Å². The molecule has 2 heterocycles. The van der Waals surface area contributed by atoms with Gasteiger partial charge in [0.05, 0.1) is 16.1 Å². The molecular weight excluding hydrogens is 395 g/mol. The lowest BCUT2D eigenvalue weighted by molar-refractivity contribution is -0.380. The van der Waals surface area contributed by atoms with Crippen LogP contribution in [-0.4, -0.2) is 46.8 Å². The standard InChI is InChI=1S/C18H18F3N3O3S/c19-18(20,21)15-4-2-13(3-5-15)11-22-6-1-7-23(9-8-22)17(25)14-10-16(24(26)27)28-12-14/h2-5,10,12H,1,6-9,11H2. The van der Waals surface area contributed by atoms with Crippen LogP contribution in [0.2, 0.25) is 0 Å². The molecule has 0 atom stereocenters. The van der Waals surface area contributed by atoms with Crippen LogP contribution in [0.3, 0.4) is 0 Å². The van der Waals surface area contributed by atoms with E-state index in [1.807, 2.05) is 0 Å². The second-order valence-electron chi connectivity index (χ2n) is 6.55. The van der Waals surface area contributed by atoms with Crippen molar-refractivity contribution in [3.05, 3.63) is 62.5 Å². The van der Waals surface area contributed by atoms with Crippen LogP contribution in [0.5, 0.6) is 0 Å². The monoisotopic (exact) mass is 413 g/mol. The molecule has 10 heteroatoms. The average molecular weight is 413 g/mol. The highest BCUT2D eigenvalue weighted by Gasteiger charge is 2.30. The van der Waals surface area contributed by atoms with Gasteiger partial charge < -0.3 is 4.90 Å². The van der Waals surface area contributed by atoms with Crippen molar-refractivity contribution in [1.29, 1.82) is 0 Å². The molecule has 150 valence electrons. The Hall–Kier alpha value is -2.46. The number of halogens is 3. The molecule has 0 aliphatic carbocycles. The third kappa shape index (κ3) is 4.87. The molecule has 2 aromatic rings. The minimum atomic E-state index is -4.35. The summed E-state index contributed by atoms with van der Waals surface area (Å²) >= 11 is 0.923. The van der Waals surface area contributed by atoms with Gasteiger partial charge in [-0.15, -0.1) is 0 Å². The Morgan fingerprint density at radius 2 is 1.86 bits per heavy atom. The Kier molecular flexibility index (Phi) is 5.99. The van der Waals surface area contributed by atoms with E-state index < -0.39 is 16.7 Å². The van der Waals surface area contributed by atoms with Gasteiger partial charge in [-0.05, 0) is 24.1 Å². The zero-order chi connectivity index (χ0) is 20.3. The number of nitrogens with zero attached hydrogens (tertiary/aromatic N) is 3. The average Bonchev–Trinajstić information content (AvgIpc) is 3.03. The van der Waals surface area contributed by atoms with E-state index in [1.54, 1.807) is 4.90 Å². The summed E-state index contributed by atoms with van der Waals surface area (Å²) in [6.45, 7) is 2.80. The minimum absolute atomic E-state index is 0.0675. The number of rotatable bonds is 4. The lowest BCUT2D eigenvalue weighted by Crippen LogP contribution is -2.34. The summed E-state index contributed by atoms with van der Waals surface area (Å²) < 4.78 is 38.0. The number of amides is 1. The van der Waals surface area contributed by atoms with Gasteiger partial charge >= 0.3 is 11.2 Å². The Labute approximate surface area is 163 Å². The van der Waals surface area contributed by atoms with Crippen LogP contribution in [0.25, 0.3) is 0 Å². The second kappa shape index (κ2) is 8.27. The molecule has 3 rings (SSSR count). The Balaban J connectivity index is 1.58. The molecule has 0 spiro atoms. The summed E-state index contributed by atoms with van der Waals surface area (Å²) in [5, 5.41) is 12.2. The number of carbonyl (C=O) groups excluding carboxylic acids is 1. The summed E-state index contributed by atoms with van der Waals surface area (Å²) in [6, 6.07) is 6.39. The molecule has 0 unspecified atom stereocenters. The summed E-state index contributed by atoms with van der Waals surface area (Å²) in [4.78, 5) is 26.6. The quantitative estimate of drug-likeness (QED) is 0.561. The first-order valence-electron chi connectivity index (χ1n) is 8.65. The molecule has 1 aliphatic heterocycles. The first-order chi connectivity index (χ1) is 13.2. The van der Waals surface area contributed by atoms with Crippen LogP contribution >= 0.6 is 11.3 Å². The molecule has 1 aromatic heterocycles. The van der Waals surface area contributed by atoms with Gasteiger partial charge in [-0.3, -0.25) is 19.8 Å². The lowest BCUT2D eigenvalue weighted by atomic mass is 10.1. The molecule has 0 N–H and O–H groups in total. The van der Waals surface area contributed by atoms with Crippen molar-refractivity contribution in [2.75, 3.05) is 26.2 Å². The predicted octanol–water partition coefficient (Wildman–Crippen LogP) is 4.02. The maximum atomic E-state index is 12.7. The fourth-order valence-electron chi connectivity index (χ4n) is 3.10. The molecule has 0 radical (unpaired) electrons.